The number of unbranched alkanes of at least 4 members (excludes halogenated alkanes) is 1. The summed E-state index contributed by atoms with van der Waals surface area (Å²) in [6, 6.07) is 15.8. The molecule has 1 N–H and O–H groups in total. The Hall–Kier alpha value is -2.62. The molecule has 1 amide bonds. The number of benzene rings is 2. The van der Waals surface area contributed by atoms with Crippen LogP contribution >= 0.6 is 0 Å². The van der Waals surface area contributed by atoms with Crippen LogP contribution in [0.2, 0.25) is 0 Å². The second-order valence-electron chi connectivity index (χ2n) is 6.12. The number of ether oxygens (including phenoxy) is 1. The molecule has 2 rings (SSSR count). The van der Waals surface area contributed by atoms with Crippen LogP contribution in [0.25, 0.3) is 0 Å². The second kappa shape index (κ2) is 9.62. The van der Waals surface area contributed by atoms with Crippen LogP contribution in [0, 0.1) is 13.8 Å². The molecule has 0 aliphatic heterocycles. The quantitative estimate of drug-likeness (QED) is 0.573. The molecular weight excluding hydrogens is 312 g/mol. The fourth-order valence-corrected chi connectivity index (χ4v) is 2.51. The van der Waals surface area contributed by atoms with Crippen LogP contribution in [0.4, 0.5) is 0 Å². The lowest BCUT2D eigenvalue weighted by Gasteiger charge is -2.10. The van der Waals surface area contributed by atoms with Gasteiger partial charge in [-0.05, 0) is 43.9 Å². The summed E-state index contributed by atoms with van der Waals surface area (Å²) < 4.78 is 5.59. The third-order valence-electron chi connectivity index (χ3n) is 3.88. The zero-order valence-corrected chi connectivity index (χ0v) is 15.2. The Morgan fingerprint density at radius 3 is 2.56 bits per heavy atom. The first-order chi connectivity index (χ1) is 12.1. The summed E-state index contributed by atoms with van der Waals surface area (Å²) in [7, 11) is 0. The van der Waals surface area contributed by atoms with Gasteiger partial charge in [-0.2, -0.15) is 5.10 Å². The summed E-state index contributed by atoms with van der Waals surface area (Å²) in [5.41, 5.74) is 6.73. The van der Waals surface area contributed by atoms with Gasteiger partial charge in [-0.15, -0.1) is 0 Å². The van der Waals surface area contributed by atoms with Crippen LogP contribution in [0.15, 0.2) is 53.6 Å². The summed E-state index contributed by atoms with van der Waals surface area (Å²) in [4.78, 5) is 12.1. The molecule has 0 aliphatic rings. The molecule has 2 aromatic rings. The van der Waals surface area contributed by atoms with Gasteiger partial charge in [0.05, 0.1) is 5.71 Å². The van der Waals surface area contributed by atoms with Gasteiger partial charge in [0, 0.05) is 0 Å². The minimum absolute atomic E-state index is 0.0523. The van der Waals surface area contributed by atoms with E-state index in [1.54, 1.807) is 0 Å². The Kier molecular flexibility index (Phi) is 7.20. The Labute approximate surface area is 149 Å². The Morgan fingerprint density at radius 2 is 1.88 bits per heavy atom. The molecule has 132 valence electrons. The zero-order chi connectivity index (χ0) is 18.1. The van der Waals surface area contributed by atoms with Gasteiger partial charge in [-0.1, -0.05) is 61.4 Å². The van der Waals surface area contributed by atoms with Crippen LogP contribution in [0.1, 0.15) is 42.9 Å². The smallest absolute Gasteiger partial charge is 0.277 e. The average molecular weight is 338 g/mol. The Balaban J connectivity index is 1.96. The normalized spacial score (nSPS) is 11.2. The van der Waals surface area contributed by atoms with E-state index in [0.29, 0.717) is 0 Å². The number of aryl methyl sites for hydroxylation is 2. The summed E-state index contributed by atoms with van der Waals surface area (Å²) in [5.74, 6) is 0.462. The summed E-state index contributed by atoms with van der Waals surface area (Å²) in [6.45, 7) is 6.08. The van der Waals surface area contributed by atoms with Gasteiger partial charge in [0.15, 0.2) is 6.61 Å². The molecular formula is C21H26N2O2. The lowest BCUT2D eigenvalue weighted by atomic mass is 10.1. The third kappa shape index (κ3) is 6.07. The van der Waals surface area contributed by atoms with Crippen molar-refractivity contribution in [2.24, 2.45) is 5.10 Å². The van der Waals surface area contributed by atoms with E-state index < -0.39 is 0 Å². The molecule has 4 heteroatoms. The molecule has 0 atom stereocenters. The molecule has 0 aromatic heterocycles. The van der Waals surface area contributed by atoms with Gasteiger partial charge in [-0.3, -0.25) is 4.79 Å². The van der Waals surface area contributed by atoms with Crippen molar-refractivity contribution < 1.29 is 9.53 Å². The van der Waals surface area contributed by atoms with Crippen molar-refractivity contribution >= 4 is 11.6 Å². The zero-order valence-electron chi connectivity index (χ0n) is 15.2. The maximum absolute atomic E-state index is 12.1. The van der Waals surface area contributed by atoms with Crippen molar-refractivity contribution in [1.29, 1.82) is 0 Å². The maximum atomic E-state index is 12.1. The minimum atomic E-state index is -0.259. The maximum Gasteiger partial charge on any atom is 0.277 e. The molecule has 0 radical (unpaired) electrons. The SMILES string of the molecule is CCCC/C(=N\NC(=O)COc1ccc(C)cc1C)c1ccccc1. The largest absolute Gasteiger partial charge is 0.483 e. The number of rotatable bonds is 8. The molecule has 0 spiro atoms. The van der Waals surface area contributed by atoms with Crippen molar-refractivity contribution in [1.82, 2.24) is 5.43 Å². The third-order valence-corrected chi connectivity index (χ3v) is 3.88. The van der Waals surface area contributed by atoms with E-state index in [0.717, 1.165) is 41.9 Å². The van der Waals surface area contributed by atoms with Gasteiger partial charge >= 0.3 is 0 Å². The monoisotopic (exact) mass is 338 g/mol. The highest BCUT2D eigenvalue weighted by Crippen LogP contribution is 2.18. The Morgan fingerprint density at radius 1 is 1.12 bits per heavy atom. The van der Waals surface area contributed by atoms with Gasteiger partial charge < -0.3 is 4.74 Å². The number of carbonyl (C=O) groups excluding carboxylic acids is 1. The lowest BCUT2D eigenvalue weighted by molar-refractivity contribution is -0.123. The first-order valence-electron chi connectivity index (χ1n) is 8.71. The lowest BCUT2D eigenvalue weighted by Crippen LogP contribution is -2.26. The van der Waals surface area contributed by atoms with E-state index in [2.05, 4.69) is 17.5 Å². The number of nitrogens with one attached hydrogen (secondary N) is 1. The van der Waals surface area contributed by atoms with Crippen LogP contribution < -0.4 is 10.2 Å². The molecule has 25 heavy (non-hydrogen) atoms. The van der Waals surface area contributed by atoms with E-state index in [1.807, 2.05) is 62.4 Å². The molecule has 0 aliphatic carbocycles. The van der Waals surface area contributed by atoms with Gasteiger partial charge in [-0.25, -0.2) is 5.43 Å². The molecule has 2 aromatic carbocycles. The van der Waals surface area contributed by atoms with Crippen molar-refractivity contribution in [2.75, 3.05) is 6.61 Å². The number of hydrazone groups is 1. The molecule has 0 saturated carbocycles. The number of hydrogen-bond acceptors (Lipinski definition) is 3. The molecule has 0 saturated heterocycles. The fourth-order valence-electron chi connectivity index (χ4n) is 2.51. The predicted octanol–water partition coefficient (Wildman–Crippen LogP) is 4.39. The number of carbonyl (C=O) groups is 1. The molecule has 0 heterocycles. The van der Waals surface area contributed by atoms with Crippen molar-refractivity contribution in [2.45, 2.75) is 40.0 Å². The molecule has 0 fully saturated rings. The van der Waals surface area contributed by atoms with E-state index in [4.69, 9.17) is 4.74 Å². The van der Waals surface area contributed by atoms with E-state index in [-0.39, 0.29) is 12.5 Å². The Bertz CT molecular complexity index is 724. The van der Waals surface area contributed by atoms with Gasteiger partial charge in [0.25, 0.3) is 5.91 Å². The summed E-state index contributed by atoms with van der Waals surface area (Å²) in [6.07, 6.45) is 2.94. The topological polar surface area (TPSA) is 50.7 Å². The summed E-state index contributed by atoms with van der Waals surface area (Å²) in [5, 5.41) is 4.32. The molecule has 4 nitrogen and oxygen atoms in total. The predicted molar refractivity (Wildman–Crippen MR) is 102 cm³/mol. The van der Waals surface area contributed by atoms with Crippen molar-refractivity contribution in [3.8, 4) is 5.75 Å². The van der Waals surface area contributed by atoms with E-state index >= 15 is 0 Å². The van der Waals surface area contributed by atoms with Crippen LogP contribution in [-0.2, 0) is 4.79 Å². The first-order valence-corrected chi connectivity index (χ1v) is 8.71. The highest BCUT2D eigenvalue weighted by Gasteiger charge is 2.07. The van der Waals surface area contributed by atoms with Crippen LogP contribution in [0.3, 0.4) is 0 Å². The van der Waals surface area contributed by atoms with Crippen molar-refractivity contribution in [3.63, 3.8) is 0 Å². The highest BCUT2D eigenvalue weighted by atomic mass is 16.5. The minimum Gasteiger partial charge on any atom is -0.483 e. The molecule has 0 unspecified atom stereocenters. The second-order valence-corrected chi connectivity index (χ2v) is 6.12. The van der Waals surface area contributed by atoms with Gasteiger partial charge in [0.2, 0.25) is 0 Å². The molecule has 0 bridgehead atoms. The first kappa shape index (κ1) is 18.7. The number of amides is 1. The fraction of sp³-hybridized carbons (Fsp3) is 0.333. The van der Waals surface area contributed by atoms with Gasteiger partial charge in [0.1, 0.15) is 5.75 Å². The van der Waals surface area contributed by atoms with Crippen molar-refractivity contribution in [3.05, 3.63) is 65.2 Å². The van der Waals surface area contributed by atoms with E-state index in [1.165, 1.54) is 5.56 Å². The standard InChI is InChI=1S/C21H26N2O2/c1-4-5-11-19(18-9-7-6-8-10-18)22-23-21(24)15-25-20-13-12-16(2)14-17(20)3/h6-10,12-14H,4-5,11,15H2,1-3H3,(H,23,24)/b22-19+. The van der Waals surface area contributed by atoms with Crippen LogP contribution in [0.5, 0.6) is 5.75 Å². The number of hydrogen-bond donors (Lipinski definition) is 1. The number of nitrogens with zero attached hydrogens (tertiary/aromatic N) is 1. The van der Waals surface area contributed by atoms with Crippen LogP contribution in [-0.4, -0.2) is 18.2 Å². The summed E-state index contributed by atoms with van der Waals surface area (Å²) >= 11 is 0. The highest BCUT2D eigenvalue weighted by molar-refractivity contribution is 6.01. The van der Waals surface area contributed by atoms with E-state index in [9.17, 15) is 4.79 Å². The average Bonchev–Trinajstić information content (AvgIpc) is 2.62.